The second-order valence-electron chi connectivity index (χ2n) is 5.23. The largest absolute Gasteiger partial charge is 0.237 e. The molecule has 0 saturated heterocycles. The molecule has 0 aliphatic carbocycles. The van der Waals surface area contributed by atoms with Crippen molar-refractivity contribution in [3.8, 4) is 6.07 Å². The van der Waals surface area contributed by atoms with Crippen LogP contribution in [0.1, 0.15) is 28.3 Å². The molecule has 114 valence electrons. The maximum Gasteiger partial charge on any atom is 0.139 e. The minimum Gasteiger partial charge on any atom is -0.237 e. The molecule has 23 heavy (non-hydrogen) atoms. The number of hydrogen-bond acceptors (Lipinski definition) is 6. The van der Waals surface area contributed by atoms with E-state index < -0.39 is 0 Å². The molecule has 0 unspecified atom stereocenters. The number of aryl methyl sites for hydroxylation is 2. The first-order chi connectivity index (χ1) is 11.1. The molecule has 0 saturated carbocycles. The second kappa shape index (κ2) is 6.31. The lowest BCUT2D eigenvalue weighted by atomic mass is 10.1. The van der Waals surface area contributed by atoms with Crippen molar-refractivity contribution in [3.05, 3.63) is 52.6 Å². The van der Waals surface area contributed by atoms with Crippen molar-refractivity contribution in [3.63, 3.8) is 0 Å². The highest BCUT2D eigenvalue weighted by Gasteiger charge is 2.12. The number of rotatable bonds is 3. The number of nitriles is 1. The molecule has 0 atom stereocenters. The summed E-state index contributed by atoms with van der Waals surface area (Å²) in [5.41, 5.74) is 4.13. The van der Waals surface area contributed by atoms with Gasteiger partial charge in [0.2, 0.25) is 0 Å². The Morgan fingerprint density at radius 2 is 1.83 bits per heavy atom. The van der Waals surface area contributed by atoms with Gasteiger partial charge in [-0.2, -0.15) is 10.4 Å². The molecule has 0 aliphatic rings. The molecular weight excluding hydrogens is 306 g/mol. The molecule has 3 rings (SSSR count). The summed E-state index contributed by atoms with van der Waals surface area (Å²) in [6.45, 7) is 5.73. The van der Waals surface area contributed by atoms with Crippen LogP contribution in [-0.2, 0) is 5.75 Å². The van der Waals surface area contributed by atoms with Gasteiger partial charge < -0.3 is 0 Å². The van der Waals surface area contributed by atoms with Crippen LogP contribution in [0.5, 0.6) is 0 Å². The van der Waals surface area contributed by atoms with E-state index in [0.717, 1.165) is 33.7 Å². The fraction of sp³-hybridized carbons (Fsp3) is 0.235. The first kappa shape index (κ1) is 15.4. The molecular formula is C17H15N5S. The predicted octanol–water partition coefficient (Wildman–Crippen LogP) is 3.51. The molecule has 1 aromatic carbocycles. The number of nitrogens with zero attached hydrogens (tertiary/aromatic N) is 5. The van der Waals surface area contributed by atoms with Crippen molar-refractivity contribution in [1.29, 1.82) is 5.26 Å². The quantitative estimate of drug-likeness (QED) is 0.687. The lowest BCUT2D eigenvalue weighted by Crippen LogP contribution is -2.01. The maximum absolute atomic E-state index is 9.34. The summed E-state index contributed by atoms with van der Waals surface area (Å²) in [6, 6.07) is 10.2. The monoisotopic (exact) mass is 321 g/mol. The molecule has 0 bridgehead atoms. The van der Waals surface area contributed by atoms with E-state index in [0.29, 0.717) is 16.3 Å². The van der Waals surface area contributed by atoms with Gasteiger partial charge in [0.15, 0.2) is 0 Å². The first-order valence-electron chi connectivity index (χ1n) is 7.19. The molecule has 5 nitrogen and oxygen atoms in total. The van der Waals surface area contributed by atoms with Crippen LogP contribution in [0, 0.1) is 32.1 Å². The van der Waals surface area contributed by atoms with Crippen molar-refractivity contribution in [2.24, 2.45) is 0 Å². The summed E-state index contributed by atoms with van der Waals surface area (Å²) in [5, 5.41) is 19.3. The van der Waals surface area contributed by atoms with Crippen LogP contribution in [0.15, 0.2) is 29.3 Å². The highest BCUT2D eigenvalue weighted by atomic mass is 32.2. The van der Waals surface area contributed by atoms with Crippen molar-refractivity contribution in [2.75, 3.05) is 0 Å². The lowest BCUT2D eigenvalue weighted by Gasteiger charge is -2.07. The third-order valence-electron chi connectivity index (χ3n) is 3.71. The van der Waals surface area contributed by atoms with E-state index in [-0.39, 0.29) is 0 Å². The van der Waals surface area contributed by atoms with Gasteiger partial charge >= 0.3 is 0 Å². The molecule has 2 aromatic heterocycles. The smallest absolute Gasteiger partial charge is 0.139 e. The van der Waals surface area contributed by atoms with Gasteiger partial charge in [-0.25, -0.2) is 9.97 Å². The minimum absolute atomic E-state index is 0.553. The summed E-state index contributed by atoms with van der Waals surface area (Å²) in [7, 11) is 0. The molecule has 6 heteroatoms. The van der Waals surface area contributed by atoms with Crippen LogP contribution in [-0.4, -0.2) is 20.2 Å². The van der Waals surface area contributed by atoms with Crippen molar-refractivity contribution >= 4 is 22.7 Å². The molecule has 0 N–H and O–H groups in total. The van der Waals surface area contributed by atoms with Crippen LogP contribution < -0.4 is 0 Å². The Morgan fingerprint density at radius 3 is 2.61 bits per heavy atom. The van der Waals surface area contributed by atoms with E-state index >= 15 is 0 Å². The second-order valence-corrected chi connectivity index (χ2v) is 6.20. The zero-order valence-electron chi connectivity index (χ0n) is 13.2. The van der Waals surface area contributed by atoms with Gasteiger partial charge in [0.1, 0.15) is 16.9 Å². The fourth-order valence-electron chi connectivity index (χ4n) is 2.31. The number of para-hydroxylation sites is 1. The number of fused-ring (bicyclic) bond motifs is 1. The van der Waals surface area contributed by atoms with Crippen molar-refractivity contribution in [2.45, 2.75) is 31.6 Å². The molecule has 3 aromatic rings. The molecule has 0 amide bonds. The molecule has 2 heterocycles. The van der Waals surface area contributed by atoms with E-state index in [1.54, 1.807) is 0 Å². The van der Waals surface area contributed by atoms with E-state index in [1.807, 2.05) is 45.0 Å². The van der Waals surface area contributed by atoms with Crippen LogP contribution >= 0.6 is 11.8 Å². The SMILES string of the molecule is Cc1nnc(SCc2nc(C)c3ccccc3n2)c(C#N)c1C. The Labute approximate surface area is 138 Å². The Hall–Kier alpha value is -2.52. The molecule has 0 spiro atoms. The summed E-state index contributed by atoms with van der Waals surface area (Å²) in [5.74, 6) is 1.28. The minimum atomic E-state index is 0.553. The number of thioether (sulfide) groups is 1. The van der Waals surface area contributed by atoms with Crippen LogP contribution in [0.4, 0.5) is 0 Å². The number of aromatic nitrogens is 4. The standard InChI is InChI=1S/C17H15N5S/c1-10-11(2)21-22-17(14(10)8-18)23-9-16-19-12(3)13-6-4-5-7-15(13)20-16/h4-7H,9H2,1-3H3. The Bertz CT molecular complexity index is 930. The molecule has 0 aliphatic heterocycles. The van der Waals surface area contributed by atoms with Gasteiger partial charge in [0, 0.05) is 11.1 Å². The van der Waals surface area contributed by atoms with Crippen LogP contribution in [0.3, 0.4) is 0 Å². The lowest BCUT2D eigenvalue weighted by molar-refractivity contribution is 0.869. The third kappa shape index (κ3) is 3.01. The van der Waals surface area contributed by atoms with E-state index in [9.17, 15) is 5.26 Å². The average Bonchev–Trinajstić information content (AvgIpc) is 2.56. The summed E-state index contributed by atoms with van der Waals surface area (Å²) < 4.78 is 0. The van der Waals surface area contributed by atoms with Crippen LogP contribution in [0.25, 0.3) is 10.9 Å². The maximum atomic E-state index is 9.34. The summed E-state index contributed by atoms with van der Waals surface area (Å²) in [6.07, 6.45) is 0. The Kier molecular flexibility index (Phi) is 4.22. The fourth-order valence-corrected chi connectivity index (χ4v) is 3.15. The summed E-state index contributed by atoms with van der Waals surface area (Å²) in [4.78, 5) is 9.13. The number of benzene rings is 1. The Morgan fingerprint density at radius 1 is 1.04 bits per heavy atom. The first-order valence-corrected chi connectivity index (χ1v) is 8.17. The summed E-state index contributed by atoms with van der Waals surface area (Å²) >= 11 is 1.44. The van der Waals surface area contributed by atoms with Crippen molar-refractivity contribution in [1.82, 2.24) is 20.2 Å². The topological polar surface area (TPSA) is 75.3 Å². The number of hydrogen-bond donors (Lipinski definition) is 0. The zero-order chi connectivity index (χ0) is 16.4. The van der Waals surface area contributed by atoms with Gasteiger partial charge in [0.05, 0.1) is 22.5 Å². The van der Waals surface area contributed by atoms with Gasteiger partial charge in [-0.15, -0.1) is 5.10 Å². The molecule has 0 fully saturated rings. The van der Waals surface area contributed by atoms with E-state index in [1.165, 1.54) is 11.8 Å². The van der Waals surface area contributed by atoms with Crippen molar-refractivity contribution < 1.29 is 0 Å². The van der Waals surface area contributed by atoms with E-state index in [2.05, 4.69) is 26.2 Å². The normalized spacial score (nSPS) is 10.7. The van der Waals surface area contributed by atoms with Gasteiger partial charge in [-0.1, -0.05) is 30.0 Å². The predicted molar refractivity (Wildman–Crippen MR) is 90.1 cm³/mol. The third-order valence-corrected chi connectivity index (χ3v) is 4.67. The average molecular weight is 321 g/mol. The van der Waals surface area contributed by atoms with Gasteiger partial charge in [-0.05, 0) is 32.4 Å². The van der Waals surface area contributed by atoms with E-state index in [4.69, 9.17) is 0 Å². The Balaban J connectivity index is 1.90. The highest BCUT2D eigenvalue weighted by Crippen LogP contribution is 2.26. The highest BCUT2D eigenvalue weighted by molar-refractivity contribution is 7.98. The molecule has 0 radical (unpaired) electrons. The van der Waals surface area contributed by atoms with Gasteiger partial charge in [-0.3, -0.25) is 0 Å². The van der Waals surface area contributed by atoms with Gasteiger partial charge in [0.25, 0.3) is 0 Å². The zero-order valence-corrected chi connectivity index (χ0v) is 14.0. The van der Waals surface area contributed by atoms with Crippen LogP contribution in [0.2, 0.25) is 0 Å².